The topological polar surface area (TPSA) is 111 Å². The van der Waals surface area contributed by atoms with Gasteiger partial charge in [-0.05, 0) is 19.8 Å². The Balaban J connectivity index is 1.67. The molecule has 3 rings (SSSR count). The van der Waals surface area contributed by atoms with Gasteiger partial charge in [0, 0.05) is 37.9 Å². The fourth-order valence-electron chi connectivity index (χ4n) is 2.90. The van der Waals surface area contributed by atoms with Crippen molar-refractivity contribution in [1.82, 2.24) is 19.9 Å². The molecule has 0 radical (unpaired) electrons. The highest BCUT2D eigenvalue weighted by atomic mass is 35.5. The lowest BCUT2D eigenvalue weighted by molar-refractivity contribution is 0.177. The zero-order valence-electron chi connectivity index (χ0n) is 14.5. The number of halogens is 1. The molecule has 1 aliphatic rings. The molecule has 8 nitrogen and oxygen atoms in total. The van der Waals surface area contributed by atoms with E-state index < -0.39 is 0 Å². The molecule has 0 bridgehead atoms. The summed E-state index contributed by atoms with van der Waals surface area (Å²) in [6, 6.07) is 2.26. The Hall–Kier alpha value is -2.19. The van der Waals surface area contributed by atoms with Crippen LogP contribution in [-0.4, -0.2) is 40.1 Å². The maximum Gasteiger partial charge on any atom is 0.222 e. The number of ether oxygens (including phenoxy) is 1. The second kappa shape index (κ2) is 7.37. The van der Waals surface area contributed by atoms with Crippen molar-refractivity contribution < 1.29 is 4.74 Å². The van der Waals surface area contributed by atoms with Crippen LogP contribution in [0.25, 0.3) is 0 Å². The predicted octanol–water partition coefficient (Wildman–Crippen LogP) is 2.36. The number of anilines is 3. The first-order chi connectivity index (χ1) is 12.0. The summed E-state index contributed by atoms with van der Waals surface area (Å²) in [6.45, 7) is 2.21. The van der Waals surface area contributed by atoms with E-state index in [9.17, 15) is 0 Å². The number of hydrogen-bond acceptors (Lipinski definition) is 8. The molecular formula is C16H22ClN7O. The molecule has 2 aromatic heterocycles. The number of hydrogen-bond donors (Lipinski definition) is 3. The summed E-state index contributed by atoms with van der Waals surface area (Å²) in [4.78, 5) is 17.2. The van der Waals surface area contributed by atoms with Crippen LogP contribution in [0.1, 0.15) is 36.0 Å². The van der Waals surface area contributed by atoms with Gasteiger partial charge in [0.15, 0.2) is 11.6 Å². The molecule has 1 aliphatic carbocycles. The smallest absolute Gasteiger partial charge is 0.222 e. The van der Waals surface area contributed by atoms with Gasteiger partial charge in [0.05, 0.1) is 5.69 Å². The Kier molecular flexibility index (Phi) is 5.19. The van der Waals surface area contributed by atoms with Crippen LogP contribution in [0, 0.1) is 6.92 Å². The molecule has 0 spiro atoms. The van der Waals surface area contributed by atoms with Crippen LogP contribution in [-0.2, 0) is 11.3 Å². The number of nitrogens with one attached hydrogen (secondary N) is 2. The molecule has 0 aliphatic heterocycles. The van der Waals surface area contributed by atoms with Crippen molar-refractivity contribution in [3.8, 4) is 0 Å². The molecule has 2 heterocycles. The zero-order valence-corrected chi connectivity index (χ0v) is 15.3. The van der Waals surface area contributed by atoms with E-state index in [2.05, 4.69) is 30.6 Å². The first-order valence-electron chi connectivity index (χ1n) is 8.10. The lowest BCUT2D eigenvalue weighted by Crippen LogP contribution is -2.35. The molecule has 9 heteroatoms. The van der Waals surface area contributed by atoms with Gasteiger partial charge in [-0.3, -0.25) is 0 Å². The van der Waals surface area contributed by atoms with E-state index in [1.54, 1.807) is 7.11 Å². The zero-order chi connectivity index (χ0) is 18.0. The Morgan fingerprint density at radius 3 is 2.72 bits per heavy atom. The minimum Gasteiger partial charge on any atom is -0.377 e. The molecule has 25 heavy (non-hydrogen) atoms. The minimum absolute atomic E-state index is 0.221. The predicted molar refractivity (Wildman–Crippen MR) is 97.9 cm³/mol. The maximum absolute atomic E-state index is 6.25. The van der Waals surface area contributed by atoms with Crippen LogP contribution in [0.2, 0.25) is 5.02 Å². The van der Waals surface area contributed by atoms with Gasteiger partial charge in [0.1, 0.15) is 17.4 Å². The highest BCUT2D eigenvalue weighted by Crippen LogP contribution is 2.39. The summed E-state index contributed by atoms with van der Waals surface area (Å²) in [5.74, 6) is 2.66. The Labute approximate surface area is 151 Å². The van der Waals surface area contributed by atoms with Crippen LogP contribution in [0.4, 0.5) is 17.6 Å². The Morgan fingerprint density at radius 2 is 2.04 bits per heavy atom. The summed E-state index contributed by atoms with van der Waals surface area (Å²) in [6.07, 6.45) is 1.87. The SMILES string of the molecule is CNc1cc(C2CC(Nc3nc(N)nc(C)c3Cl)C2)nc(COC)n1. The second-order valence-electron chi connectivity index (χ2n) is 6.12. The number of aryl methyl sites for hydroxylation is 1. The molecule has 0 unspecified atom stereocenters. The van der Waals surface area contributed by atoms with Crippen LogP contribution in [0.15, 0.2) is 6.07 Å². The lowest BCUT2D eigenvalue weighted by Gasteiger charge is -2.36. The third kappa shape index (κ3) is 3.91. The van der Waals surface area contributed by atoms with Crippen LogP contribution < -0.4 is 16.4 Å². The number of methoxy groups -OCH3 is 1. The van der Waals surface area contributed by atoms with E-state index in [0.717, 1.165) is 24.4 Å². The largest absolute Gasteiger partial charge is 0.377 e. The average Bonchev–Trinajstić information content (AvgIpc) is 2.54. The summed E-state index contributed by atoms with van der Waals surface area (Å²) in [7, 11) is 3.48. The summed E-state index contributed by atoms with van der Waals surface area (Å²) in [5.41, 5.74) is 7.40. The van der Waals surface area contributed by atoms with Gasteiger partial charge >= 0.3 is 0 Å². The van der Waals surface area contributed by atoms with Crippen LogP contribution in [0.5, 0.6) is 0 Å². The molecule has 1 saturated carbocycles. The summed E-state index contributed by atoms with van der Waals surface area (Å²) in [5, 5.41) is 6.93. The molecule has 1 fully saturated rings. The summed E-state index contributed by atoms with van der Waals surface area (Å²) < 4.78 is 5.14. The minimum atomic E-state index is 0.221. The fourth-order valence-corrected chi connectivity index (χ4v) is 3.03. The summed E-state index contributed by atoms with van der Waals surface area (Å²) >= 11 is 6.25. The van der Waals surface area contributed by atoms with E-state index in [4.69, 9.17) is 22.1 Å². The van der Waals surface area contributed by atoms with Gasteiger partial charge in [0.25, 0.3) is 0 Å². The molecular weight excluding hydrogens is 342 g/mol. The Bertz CT molecular complexity index is 764. The van der Waals surface area contributed by atoms with Crippen molar-refractivity contribution in [2.24, 2.45) is 0 Å². The second-order valence-corrected chi connectivity index (χ2v) is 6.49. The van der Waals surface area contributed by atoms with Crippen LogP contribution >= 0.6 is 11.6 Å². The van der Waals surface area contributed by atoms with Crippen molar-refractivity contribution in [1.29, 1.82) is 0 Å². The lowest BCUT2D eigenvalue weighted by atomic mass is 9.78. The first-order valence-corrected chi connectivity index (χ1v) is 8.48. The maximum atomic E-state index is 6.25. The fraction of sp³-hybridized carbons (Fsp3) is 0.500. The quantitative estimate of drug-likeness (QED) is 0.717. The van der Waals surface area contributed by atoms with Gasteiger partial charge < -0.3 is 21.1 Å². The molecule has 0 aromatic carbocycles. The number of aromatic nitrogens is 4. The molecule has 0 atom stereocenters. The molecule has 0 saturated heterocycles. The van der Waals surface area contributed by atoms with Gasteiger partial charge in [-0.15, -0.1) is 0 Å². The highest BCUT2D eigenvalue weighted by molar-refractivity contribution is 6.33. The van der Waals surface area contributed by atoms with E-state index in [-0.39, 0.29) is 12.0 Å². The average molecular weight is 364 g/mol. The van der Waals surface area contributed by atoms with Gasteiger partial charge in [-0.25, -0.2) is 15.0 Å². The number of rotatable bonds is 6. The van der Waals surface area contributed by atoms with Gasteiger partial charge in [-0.2, -0.15) is 4.98 Å². The number of nitrogens with zero attached hydrogens (tertiary/aromatic N) is 4. The van der Waals surface area contributed by atoms with Gasteiger partial charge in [-0.1, -0.05) is 11.6 Å². The van der Waals surface area contributed by atoms with Crippen molar-refractivity contribution >= 4 is 29.2 Å². The normalized spacial score (nSPS) is 19.4. The highest BCUT2D eigenvalue weighted by Gasteiger charge is 2.32. The van der Waals surface area contributed by atoms with Crippen LogP contribution in [0.3, 0.4) is 0 Å². The molecule has 134 valence electrons. The monoisotopic (exact) mass is 363 g/mol. The van der Waals surface area contributed by atoms with E-state index in [1.807, 2.05) is 20.0 Å². The van der Waals surface area contributed by atoms with Crippen molar-refractivity contribution in [2.45, 2.75) is 38.3 Å². The number of nitrogens with two attached hydrogens (primary N) is 1. The van der Waals surface area contributed by atoms with Crippen molar-refractivity contribution in [2.75, 3.05) is 30.5 Å². The Morgan fingerprint density at radius 1 is 1.28 bits per heavy atom. The standard InChI is InChI=1S/C16H22ClN7O/c1-8-14(17)15(24-16(18)20-8)21-10-4-9(5-10)11-6-12(19-2)23-13(22-11)7-25-3/h6,9-10H,4-5,7H2,1-3H3,(H,19,22,23)(H3,18,20,21,24). The third-order valence-electron chi connectivity index (χ3n) is 4.25. The van der Waals surface area contributed by atoms with E-state index in [1.165, 1.54) is 0 Å². The van der Waals surface area contributed by atoms with E-state index in [0.29, 0.717) is 34.9 Å². The molecule has 2 aromatic rings. The van der Waals surface area contributed by atoms with Crippen molar-refractivity contribution in [3.05, 3.63) is 28.3 Å². The molecule has 4 N–H and O–H groups in total. The number of nitrogen functional groups attached to an aromatic ring is 1. The van der Waals surface area contributed by atoms with Gasteiger partial charge in [0.2, 0.25) is 5.95 Å². The first kappa shape index (κ1) is 17.6. The third-order valence-corrected chi connectivity index (χ3v) is 4.71. The van der Waals surface area contributed by atoms with Crippen molar-refractivity contribution in [3.63, 3.8) is 0 Å². The molecule has 0 amide bonds. The van der Waals surface area contributed by atoms with E-state index >= 15 is 0 Å².